The van der Waals surface area contributed by atoms with Gasteiger partial charge in [-0.05, 0) is 32.1 Å². The molecule has 41 heavy (non-hydrogen) atoms. The fourth-order valence-electron chi connectivity index (χ4n) is 3.35. The maximum Gasteiger partial charge on any atom is 0.303 e. The first-order valence-electron chi connectivity index (χ1n) is 13.0. The Kier molecular flexibility index (Phi) is 17.7. The normalized spacial score (nSPS) is 13.5. The van der Waals surface area contributed by atoms with Crippen molar-refractivity contribution in [3.05, 3.63) is 0 Å². The zero-order valence-corrected chi connectivity index (χ0v) is 22.7. The minimum atomic E-state index is -1.57. The molecule has 0 saturated carbocycles. The zero-order chi connectivity index (χ0) is 31.5. The maximum absolute atomic E-state index is 13.0. The molecular formula is C24H39N5O12. The monoisotopic (exact) mass is 589 g/mol. The Morgan fingerprint density at radius 3 is 1.27 bits per heavy atom. The van der Waals surface area contributed by atoms with Gasteiger partial charge >= 0.3 is 23.9 Å². The molecule has 0 aromatic carbocycles. The van der Waals surface area contributed by atoms with Crippen LogP contribution in [0.4, 0.5) is 0 Å². The van der Waals surface area contributed by atoms with Crippen LogP contribution in [0.3, 0.4) is 0 Å². The summed E-state index contributed by atoms with van der Waals surface area (Å²) < 4.78 is 0. The highest BCUT2D eigenvalue weighted by Gasteiger charge is 2.31. The van der Waals surface area contributed by atoms with Crippen molar-refractivity contribution in [1.29, 1.82) is 0 Å². The lowest BCUT2D eigenvalue weighted by atomic mass is 10.0. The summed E-state index contributed by atoms with van der Waals surface area (Å²) in [6.07, 6.45) is -2.26. The molecule has 0 heterocycles. The van der Waals surface area contributed by atoms with Crippen LogP contribution in [0, 0.1) is 0 Å². The number of nitrogens with two attached hydrogens (primary N) is 1. The van der Waals surface area contributed by atoms with Gasteiger partial charge in [-0.2, -0.15) is 0 Å². The van der Waals surface area contributed by atoms with E-state index in [9.17, 15) is 38.4 Å². The van der Waals surface area contributed by atoms with Crippen LogP contribution in [-0.2, 0) is 38.4 Å². The van der Waals surface area contributed by atoms with Crippen LogP contribution in [0.1, 0.15) is 71.1 Å². The summed E-state index contributed by atoms with van der Waals surface area (Å²) in [6, 6.07) is -5.79. The minimum absolute atomic E-state index is 0.257. The lowest BCUT2D eigenvalue weighted by Gasteiger charge is -2.25. The van der Waals surface area contributed by atoms with E-state index in [0.29, 0.717) is 6.42 Å². The number of carboxylic acid groups (broad SMARTS) is 4. The molecule has 232 valence electrons. The van der Waals surface area contributed by atoms with E-state index in [0.717, 1.165) is 6.42 Å². The molecule has 0 fully saturated rings. The third kappa shape index (κ3) is 17.1. The number of carbonyl (C=O) groups is 8. The summed E-state index contributed by atoms with van der Waals surface area (Å²) in [7, 11) is 0. The van der Waals surface area contributed by atoms with E-state index in [-0.39, 0.29) is 19.4 Å². The van der Waals surface area contributed by atoms with Gasteiger partial charge in [0, 0.05) is 32.2 Å². The molecule has 0 saturated heterocycles. The number of amides is 4. The zero-order valence-electron chi connectivity index (χ0n) is 22.7. The first kappa shape index (κ1) is 36.7. The molecule has 0 radical (unpaired) electrons. The van der Waals surface area contributed by atoms with Gasteiger partial charge in [0.15, 0.2) is 0 Å². The quantitative estimate of drug-likeness (QED) is 0.0627. The van der Waals surface area contributed by atoms with Crippen LogP contribution in [0.25, 0.3) is 0 Å². The second-order valence-electron chi connectivity index (χ2n) is 9.16. The predicted octanol–water partition coefficient (Wildman–Crippen LogP) is -1.86. The molecule has 17 nitrogen and oxygen atoms in total. The van der Waals surface area contributed by atoms with Crippen molar-refractivity contribution >= 4 is 47.5 Å². The van der Waals surface area contributed by atoms with Crippen LogP contribution >= 0.6 is 0 Å². The first-order valence-corrected chi connectivity index (χ1v) is 13.0. The Hall–Kier alpha value is -4.28. The molecule has 10 N–H and O–H groups in total. The SMILES string of the molecule is CCCCNC(=O)[C@H](CCC(=O)O)NC(=O)[C@H](CCC(=O)O)NC(=O)[C@H](CCC(=O)O)NC(=O)[C@@H](N)CCC(=O)O. The number of hydrogen-bond donors (Lipinski definition) is 9. The Bertz CT molecular complexity index is 957. The molecule has 0 aliphatic carbocycles. The van der Waals surface area contributed by atoms with Gasteiger partial charge in [0.1, 0.15) is 18.1 Å². The molecule has 0 bridgehead atoms. The summed E-state index contributed by atoms with van der Waals surface area (Å²) in [4.78, 5) is 95.0. The van der Waals surface area contributed by atoms with Crippen molar-refractivity contribution in [2.45, 2.75) is 95.3 Å². The maximum atomic E-state index is 13.0. The van der Waals surface area contributed by atoms with Gasteiger partial charge in [0.05, 0.1) is 6.04 Å². The van der Waals surface area contributed by atoms with E-state index in [2.05, 4.69) is 21.3 Å². The molecule has 0 rings (SSSR count). The van der Waals surface area contributed by atoms with E-state index >= 15 is 0 Å². The molecule has 4 atom stereocenters. The lowest BCUT2D eigenvalue weighted by Crippen LogP contribution is -2.58. The Labute approximate surface area is 235 Å². The van der Waals surface area contributed by atoms with E-state index in [4.69, 9.17) is 26.2 Å². The Morgan fingerprint density at radius 2 is 0.902 bits per heavy atom. The number of aliphatic carboxylic acids is 4. The highest BCUT2D eigenvalue weighted by molar-refractivity contribution is 5.95. The topological polar surface area (TPSA) is 292 Å². The van der Waals surface area contributed by atoms with Gasteiger partial charge in [0.25, 0.3) is 0 Å². The first-order chi connectivity index (χ1) is 19.2. The number of unbranched alkanes of at least 4 members (excludes halogenated alkanes) is 1. The lowest BCUT2D eigenvalue weighted by molar-refractivity contribution is -0.140. The van der Waals surface area contributed by atoms with Crippen LogP contribution in [0.15, 0.2) is 0 Å². The molecule has 0 unspecified atom stereocenters. The van der Waals surface area contributed by atoms with Gasteiger partial charge in [-0.3, -0.25) is 38.4 Å². The number of rotatable bonds is 22. The highest BCUT2D eigenvalue weighted by Crippen LogP contribution is 2.07. The van der Waals surface area contributed by atoms with E-state index in [1.807, 2.05) is 6.92 Å². The fourth-order valence-corrected chi connectivity index (χ4v) is 3.35. The van der Waals surface area contributed by atoms with Crippen LogP contribution in [0.5, 0.6) is 0 Å². The number of hydrogen-bond acceptors (Lipinski definition) is 9. The number of nitrogens with one attached hydrogen (secondary N) is 4. The molecule has 17 heteroatoms. The summed E-state index contributed by atoms with van der Waals surface area (Å²) in [6.45, 7) is 2.13. The molecule has 0 spiro atoms. The van der Waals surface area contributed by atoms with Gasteiger partial charge in [-0.15, -0.1) is 0 Å². The summed E-state index contributed by atoms with van der Waals surface area (Å²) >= 11 is 0. The summed E-state index contributed by atoms with van der Waals surface area (Å²) in [5, 5.41) is 45.2. The second-order valence-corrected chi connectivity index (χ2v) is 9.16. The van der Waals surface area contributed by atoms with Gasteiger partial charge in [0.2, 0.25) is 23.6 Å². The Morgan fingerprint density at radius 1 is 0.561 bits per heavy atom. The van der Waals surface area contributed by atoms with Crippen molar-refractivity contribution in [1.82, 2.24) is 21.3 Å². The van der Waals surface area contributed by atoms with Crippen LogP contribution < -0.4 is 27.0 Å². The molecule has 0 aromatic rings. The molecule has 0 aliphatic rings. The number of carboxylic acids is 4. The average molecular weight is 590 g/mol. The van der Waals surface area contributed by atoms with Crippen molar-refractivity contribution in [2.75, 3.05) is 6.54 Å². The fraction of sp³-hybridized carbons (Fsp3) is 0.667. The third-order valence-electron chi connectivity index (χ3n) is 5.68. The average Bonchev–Trinajstić information content (AvgIpc) is 2.88. The van der Waals surface area contributed by atoms with Crippen molar-refractivity contribution in [3.63, 3.8) is 0 Å². The molecule has 0 aliphatic heterocycles. The third-order valence-corrected chi connectivity index (χ3v) is 5.68. The minimum Gasteiger partial charge on any atom is -0.481 e. The van der Waals surface area contributed by atoms with Gasteiger partial charge < -0.3 is 47.4 Å². The second kappa shape index (κ2) is 19.7. The van der Waals surface area contributed by atoms with Crippen molar-refractivity contribution in [3.8, 4) is 0 Å². The van der Waals surface area contributed by atoms with E-state index < -0.39 is 110 Å². The summed E-state index contributed by atoms with van der Waals surface area (Å²) in [5.41, 5.74) is 5.64. The largest absolute Gasteiger partial charge is 0.481 e. The van der Waals surface area contributed by atoms with Crippen molar-refractivity contribution < 1.29 is 58.8 Å². The summed E-state index contributed by atoms with van der Waals surface area (Å²) in [5.74, 6) is -8.81. The van der Waals surface area contributed by atoms with E-state index in [1.54, 1.807) is 0 Å². The van der Waals surface area contributed by atoms with Gasteiger partial charge in [-0.1, -0.05) is 13.3 Å². The van der Waals surface area contributed by atoms with Crippen LogP contribution in [0.2, 0.25) is 0 Å². The van der Waals surface area contributed by atoms with Crippen molar-refractivity contribution in [2.24, 2.45) is 5.73 Å². The molecule has 4 amide bonds. The molecular weight excluding hydrogens is 550 g/mol. The molecule has 0 aromatic heterocycles. The standard InChI is InChI=1S/C24H39N5O12/c1-2-3-12-26-22(39)14(5-9-18(32)33)28-24(41)16(7-11-20(36)37)29-23(40)15(6-10-19(34)35)27-21(38)13(25)4-8-17(30)31/h13-16H,2-12,25H2,1H3,(H,26,39)(H,27,38)(H,28,41)(H,29,40)(H,30,31)(H,32,33)(H,34,35)(H,36,37)/t13-,14-,15-,16-/m0/s1. The predicted molar refractivity (Wildman–Crippen MR) is 139 cm³/mol. The van der Waals surface area contributed by atoms with E-state index in [1.165, 1.54) is 0 Å². The smallest absolute Gasteiger partial charge is 0.303 e. The van der Waals surface area contributed by atoms with Gasteiger partial charge in [-0.25, -0.2) is 0 Å². The van der Waals surface area contributed by atoms with Crippen LogP contribution in [-0.4, -0.2) is 98.6 Å². The Balaban J connectivity index is 5.80. The number of carbonyl (C=O) groups excluding carboxylic acids is 4. The highest BCUT2D eigenvalue weighted by atomic mass is 16.4.